The lowest BCUT2D eigenvalue weighted by atomic mass is 9.70. The number of anilines is 3. The summed E-state index contributed by atoms with van der Waals surface area (Å²) in [6, 6.07) is 15.4. The van der Waals surface area contributed by atoms with Crippen molar-refractivity contribution >= 4 is 34.3 Å². The number of hydrogen-bond donors (Lipinski definition) is 2. The fraction of sp³-hybridized carbons (Fsp3) is 0.375. The van der Waals surface area contributed by atoms with Crippen LogP contribution in [0.5, 0.6) is 17.2 Å². The predicted octanol–water partition coefficient (Wildman–Crippen LogP) is 8.98. The molecule has 2 atom stereocenters. The summed E-state index contributed by atoms with van der Waals surface area (Å²) < 4.78 is 90.6. The maximum atomic E-state index is 12.6. The lowest BCUT2D eigenvalue weighted by Crippen LogP contribution is -2.29. The molecule has 2 N–H and O–H groups in total. The van der Waals surface area contributed by atoms with Crippen LogP contribution in [-0.2, 0) is 4.79 Å². The quantitative estimate of drug-likeness (QED) is 0.176. The van der Waals surface area contributed by atoms with Crippen LogP contribution in [0.15, 0.2) is 66.7 Å². The Morgan fingerprint density at radius 2 is 1.43 bits per heavy atom. The topological polar surface area (TPSA) is 86.6 Å². The first kappa shape index (κ1) is 32.8. The second-order valence-electron chi connectivity index (χ2n) is 12.1. The molecule has 0 radical (unpaired) electrons. The molecular weight excluding hydrogens is 618 g/mol. The van der Waals surface area contributed by atoms with Crippen LogP contribution in [0.1, 0.15) is 46.1 Å². The molecule has 1 fully saturated rings. The zero-order valence-corrected chi connectivity index (χ0v) is 25.1. The van der Waals surface area contributed by atoms with Crippen molar-refractivity contribution in [2.75, 3.05) is 17.2 Å². The molecule has 0 unspecified atom stereocenters. The summed E-state index contributed by atoms with van der Waals surface area (Å²) in [5.74, 6) is 0.0250. The van der Waals surface area contributed by atoms with Crippen molar-refractivity contribution in [2.45, 2.75) is 58.8 Å². The molecule has 246 valence electrons. The minimum atomic E-state index is -4.82. The number of halogens is 6. The highest BCUT2D eigenvalue weighted by Crippen LogP contribution is 2.46. The SMILES string of the molecule is C[C@H]1C[C@@H](n2c(Nc3ccc(OC(F)(F)F)cc3)nc3cc(OCC(=O)Nc4ccc(OC(F)(F)F)cc4)ccc32)CC(C)(C)C1. The molecule has 0 saturated heterocycles. The van der Waals surface area contributed by atoms with E-state index in [1.165, 1.54) is 36.4 Å². The highest BCUT2D eigenvalue weighted by molar-refractivity contribution is 5.92. The van der Waals surface area contributed by atoms with Gasteiger partial charge in [-0.3, -0.25) is 4.79 Å². The number of rotatable bonds is 9. The van der Waals surface area contributed by atoms with Crippen LogP contribution in [0.3, 0.4) is 0 Å². The third kappa shape index (κ3) is 8.76. The van der Waals surface area contributed by atoms with Crippen LogP contribution in [0.25, 0.3) is 11.0 Å². The lowest BCUT2D eigenvalue weighted by molar-refractivity contribution is -0.275. The number of alkyl halides is 6. The van der Waals surface area contributed by atoms with E-state index in [4.69, 9.17) is 9.72 Å². The molecule has 1 aliphatic carbocycles. The molecule has 1 saturated carbocycles. The number of carbonyl (C=O) groups is 1. The summed E-state index contributed by atoms with van der Waals surface area (Å²) in [5, 5.41) is 5.79. The Balaban J connectivity index is 1.34. The maximum absolute atomic E-state index is 12.6. The summed E-state index contributed by atoms with van der Waals surface area (Å²) in [4.78, 5) is 17.3. The van der Waals surface area contributed by atoms with Crippen molar-refractivity contribution in [2.24, 2.45) is 11.3 Å². The number of imidazole rings is 1. The molecule has 1 heterocycles. The van der Waals surface area contributed by atoms with Gasteiger partial charge in [0, 0.05) is 23.5 Å². The summed E-state index contributed by atoms with van der Waals surface area (Å²) in [5.41, 5.74) is 2.24. The van der Waals surface area contributed by atoms with E-state index < -0.39 is 24.4 Å². The second kappa shape index (κ2) is 12.6. The fourth-order valence-corrected chi connectivity index (χ4v) is 6.07. The molecular formula is C32H32F6N4O4. The van der Waals surface area contributed by atoms with Crippen molar-refractivity contribution in [3.63, 3.8) is 0 Å². The monoisotopic (exact) mass is 650 g/mol. The van der Waals surface area contributed by atoms with Crippen LogP contribution < -0.4 is 24.8 Å². The van der Waals surface area contributed by atoms with Crippen molar-refractivity contribution in [1.29, 1.82) is 0 Å². The number of ether oxygens (including phenoxy) is 3. The Bertz CT molecular complexity index is 1670. The highest BCUT2D eigenvalue weighted by Gasteiger charge is 2.35. The number of nitrogens with zero attached hydrogens (tertiary/aromatic N) is 2. The van der Waals surface area contributed by atoms with Gasteiger partial charge in [0.2, 0.25) is 5.95 Å². The van der Waals surface area contributed by atoms with Gasteiger partial charge in [0.1, 0.15) is 17.2 Å². The smallest absolute Gasteiger partial charge is 0.484 e. The zero-order chi connectivity index (χ0) is 33.3. The average Bonchev–Trinajstić information content (AvgIpc) is 3.28. The van der Waals surface area contributed by atoms with Crippen molar-refractivity contribution < 1.29 is 45.3 Å². The Labute approximate surface area is 260 Å². The van der Waals surface area contributed by atoms with Crippen molar-refractivity contribution in [3.8, 4) is 17.2 Å². The standard InChI is InChI=1S/C32H32F6N4O4/c1-19-14-22(17-30(2,3)16-19)42-27-13-12-25(44-18-28(43)39-20-4-8-23(9-5-20)45-31(33,34)35)15-26(27)41-29(42)40-21-6-10-24(11-7-21)46-32(36,37)38/h4-13,15,19,22H,14,16-18H2,1-3H3,(H,39,43)(H,40,41)/t19-,22+/m0/s1. The van der Waals surface area contributed by atoms with Crippen LogP contribution in [0, 0.1) is 11.3 Å². The predicted molar refractivity (Wildman–Crippen MR) is 159 cm³/mol. The number of fused-ring (bicyclic) bond motifs is 1. The van der Waals surface area contributed by atoms with Crippen LogP contribution >= 0.6 is 0 Å². The first-order valence-corrected chi connectivity index (χ1v) is 14.5. The van der Waals surface area contributed by atoms with E-state index in [0.29, 0.717) is 28.8 Å². The summed E-state index contributed by atoms with van der Waals surface area (Å²) in [7, 11) is 0. The number of hydrogen-bond acceptors (Lipinski definition) is 6. The summed E-state index contributed by atoms with van der Waals surface area (Å²) in [6.07, 6.45) is -6.75. The van der Waals surface area contributed by atoms with Gasteiger partial charge in [-0.25, -0.2) is 4.98 Å². The van der Waals surface area contributed by atoms with Crippen LogP contribution in [-0.4, -0.2) is 34.8 Å². The van der Waals surface area contributed by atoms with Crippen LogP contribution in [0.2, 0.25) is 0 Å². The molecule has 1 amide bonds. The number of nitrogens with one attached hydrogen (secondary N) is 2. The van der Waals surface area contributed by atoms with Gasteiger partial charge >= 0.3 is 12.7 Å². The van der Waals surface area contributed by atoms with Gasteiger partial charge in [0.25, 0.3) is 5.91 Å². The molecule has 3 aromatic carbocycles. The Morgan fingerprint density at radius 3 is 2.00 bits per heavy atom. The van der Waals surface area contributed by atoms with Gasteiger partial charge in [-0.05, 0) is 91.3 Å². The van der Waals surface area contributed by atoms with Crippen molar-refractivity contribution in [1.82, 2.24) is 9.55 Å². The number of amides is 1. The Hall–Kier alpha value is -4.62. The molecule has 1 aliphatic rings. The summed E-state index contributed by atoms with van der Waals surface area (Å²) in [6.45, 7) is 6.28. The van der Waals surface area contributed by atoms with E-state index >= 15 is 0 Å². The first-order chi connectivity index (χ1) is 21.5. The minimum absolute atomic E-state index is 0.0782. The molecule has 5 rings (SSSR count). The number of carbonyl (C=O) groups excluding carboxylic acids is 1. The maximum Gasteiger partial charge on any atom is 0.573 e. The van der Waals surface area contributed by atoms with Gasteiger partial charge in [-0.15, -0.1) is 26.3 Å². The van der Waals surface area contributed by atoms with Gasteiger partial charge in [0.15, 0.2) is 6.61 Å². The molecule has 4 aromatic rings. The van der Waals surface area contributed by atoms with Crippen molar-refractivity contribution in [3.05, 3.63) is 66.7 Å². The molecule has 14 heteroatoms. The third-order valence-electron chi connectivity index (χ3n) is 7.48. The van der Waals surface area contributed by atoms with E-state index in [0.717, 1.165) is 36.9 Å². The first-order valence-electron chi connectivity index (χ1n) is 14.5. The largest absolute Gasteiger partial charge is 0.573 e. The molecule has 0 spiro atoms. The number of aromatic nitrogens is 2. The lowest BCUT2D eigenvalue weighted by Gasteiger charge is -2.40. The molecule has 0 bridgehead atoms. The third-order valence-corrected chi connectivity index (χ3v) is 7.48. The van der Waals surface area contributed by atoms with Gasteiger partial charge in [-0.2, -0.15) is 0 Å². The normalized spacial score (nSPS) is 18.2. The van der Waals surface area contributed by atoms with Gasteiger partial charge in [0.05, 0.1) is 11.0 Å². The molecule has 46 heavy (non-hydrogen) atoms. The Morgan fingerprint density at radius 1 is 0.870 bits per heavy atom. The van der Waals surface area contributed by atoms with E-state index in [9.17, 15) is 31.1 Å². The second-order valence-corrected chi connectivity index (χ2v) is 12.1. The molecule has 0 aliphatic heterocycles. The Kier molecular flexibility index (Phi) is 9.00. The van der Waals surface area contributed by atoms with E-state index in [1.807, 2.05) is 6.07 Å². The zero-order valence-electron chi connectivity index (χ0n) is 25.1. The van der Waals surface area contributed by atoms with Crippen LogP contribution in [0.4, 0.5) is 43.7 Å². The van der Waals surface area contributed by atoms with Gasteiger partial charge in [-0.1, -0.05) is 20.8 Å². The molecule has 8 nitrogen and oxygen atoms in total. The fourth-order valence-electron chi connectivity index (χ4n) is 6.07. The van der Waals surface area contributed by atoms with Gasteiger partial charge < -0.3 is 29.4 Å². The number of benzene rings is 3. The van der Waals surface area contributed by atoms with E-state index in [1.54, 1.807) is 12.1 Å². The highest BCUT2D eigenvalue weighted by atomic mass is 19.4. The minimum Gasteiger partial charge on any atom is -0.484 e. The average molecular weight is 651 g/mol. The van der Waals surface area contributed by atoms with E-state index in [-0.39, 0.29) is 29.5 Å². The molecule has 1 aromatic heterocycles. The van der Waals surface area contributed by atoms with E-state index in [2.05, 4.69) is 45.4 Å². The summed E-state index contributed by atoms with van der Waals surface area (Å²) >= 11 is 0.